The molecule has 0 aliphatic rings. The number of rotatable bonds is 5. The van der Waals surface area contributed by atoms with Crippen LogP contribution >= 0.6 is 0 Å². The van der Waals surface area contributed by atoms with Gasteiger partial charge in [0, 0.05) is 11.1 Å². The van der Waals surface area contributed by atoms with Crippen LogP contribution in [0.5, 0.6) is 11.5 Å². The largest absolute Gasteiger partial charge is 0.289 e. The Morgan fingerprint density at radius 2 is 0.706 bits per heavy atom. The van der Waals surface area contributed by atoms with E-state index < -0.39 is 0 Å². The van der Waals surface area contributed by atoms with E-state index in [1.54, 1.807) is 0 Å². The summed E-state index contributed by atoms with van der Waals surface area (Å²) in [6.07, 6.45) is 0. The van der Waals surface area contributed by atoms with Gasteiger partial charge in [-0.3, -0.25) is 9.78 Å². The zero-order valence-corrected chi connectivity index (χ0v) is 18.5. The van der Waals surface area contributed by atoms with Gasteiger partial charge in [0.15, 0.2) is 11.5 Å². The first-order valence-corrected chi connectivity index (χ1v) is 11.4. The fourth-order valence-electron chi connectivity index (χ4n) is 4.54. The van der Waals surface area contributed by atoms with Crippen LogP contribution in [0.15, 0.2) is 133 Å². The van der Waals surface area contributed by atoms with Crippen molar-refractivity contribution in [3.05, 3.63) is 133 Å². The minimum Gasteiger partial charge on any atom is -0.289 e. The molecule has 0 saturated carbocycles. The molecule has 0 heterocycles. The van der Waals surface area contributed by atoms with Gasteiger partial charge in [-0.05, 0) is 44.8 Å². The maximum absolute atomic E-state index is 6.10. The summed E-state index contributed by atoms with van der Waals surface area (Å²) in [7, 11) is 0. The zero-order chi connectivity index (χ0) is 22.7. The van der Waals surface area contributed by atoms with Crippen molar-refractivity contribution in [1.29, 1.82) is 0 Å². The topological polar surface area (TPSA) is 18.5 Å². The lowest BCUT2D eigenvalue weighted by molar-refractivity contribution is -0.0985. The van der Waals surface area contributed by atoms with Crippen LogP contribution in [0.2, 0.25) is 0 Å². The second kappa shape index (κ2) is 8.76. The normalized spacial score (nSPS) is 10.9. The average molecular weight is 439 g/mol. The third-order valence-electron chi connectivity index (χ3n) is 6.13. The van der Waals surface area contributed by atoms with Crippen molar-refractivity contribution < 1.29 is 9.78 Å². The molecule has 0 spiro atoms. The van der Waals surface area contributed by atoms with E-state index in [-0.39, 0.29) is 0 Å². The molecule has 6 rings (SSSR count). The standard InChI is InChI=1S/C32H22O2/c1-3-13-25(14-4-1)31-27-17-9-7-11-23(27)19-21-29(31)33-34-30-22-20-24-12-8-10-18-28(24)32(30)26-15-5-2-6-16-26/h1-22H. The number of hydrogen-bond acceptors (Lipinski definition) is 2. The molecule has 0 fully saturated rings. The Kier molecular flexibility index (Phi) is 5.17. The van der Waals surface area contributed by atoms with E-state index in [1.807, 2.05) is 48.5 Å². The quantitative estimate of drug-likeness (QED) is 0.198. The second-order valence-electron chi connectivity index (χ2n) is 8.22. The van der Waals surface area contributed by atoms with E-state index in [0.29, 0.717) is 11.5 Å². The summed E-state index contributed by atoms with van der Waals surface area (Å²) in [4.78, 5) is 12.2. The lowest BCUT2D eigenvalue weighted by Gasteiger charge is -2.16. The molecule has 0 aliphatic carbocycles. The highest BCUT2D eigenvalue weighted by atomic mass is 17.2. The van der Waals surface area contributed by atoms with E-state index in [2.05, 4.69) is 84.9 Å². The van der Waals surface area contributed by atoms with Gasteiger partial charge in [0.1, 0.15) is 0 Å². The van der Waals surface area contributed by atoms with Crippen molar-refractivity contribution in [1.82, 2.24) is 0 Å². The highest BCUT2D eigenvalue weighted by Gasteiger charge is 2.16. The molecule has 0 aliphatic heterocycles. The van der Waals surface area contributed by atoms with Crippen molar-refractivity contribution in [3.8, 4) is 33.8 Å². The molecule has 0 saturated heterocycles. The van der Waals surface area contributed by atoms with Gasteiger partial charge in [-0.1, -0.05) is 121 Å². The Balaban J connectivity index is 1.47. The van der Waals surface area contributed by atoms with Gasteiger partial charge in [0.05, 0.1) is 0 Å². The SMILES string of the molecule is c1ccc(-c2c(OOc3ccc4ccccc4c3-c3ccccc3)ccc3ccccc23)cc1. The molecule has 6 aromatic rings. The Morgan fingerprint density at radius 3 is 1.15 bits per heavy atom. The first-order valence-electron chi connectivity index (χ1n) is 11.4. The molecule has 2 heteroatoms. The Labute approximate surface area is 198 Å². The third-order valence-corrected chi connectivity index (χ3v) is 6.13. The van der Waals surface area contributed by atoms with Crippen molar-refractivity contribution in [2.24, 2.45) is 0 Å². The summed E-state index contributed by atoms with van der Waals surface area (Å²) < 4.78 is 0. The zero-order valence-electron chi connectivity index (χ0n) is 18.5. The summed E-state index contributed by atoms with van der Waals surface area (Å²) in [6, 6.07) is 45.4. The van der Waals surface area contributed by atoms with Crippen molar-refractivity contribution in [2.45, 2.75) is 0 Å². The third kappa shape index (κ3) is 3.66. The molecule has 2 nitrogen and oxygen atoms in total. The smallest absolute Gasteiger partial charge is 0.187 e. The molecule has 0 amide bonds. The van der Waals surface area contributed by atoms with E-state index in [9.17, 15) is 0 Å². The Bertz CT molecular complexity index is 1470. The van der Waals surface area contributed by atoms with Gasteiger partial charge in [0.25, 0.3) is 0 Å². The van der Waals surface area contributed by atoms with Crippen molar-refractivity contribution in [3.63, 3.8) is 0 Å². The molecule has 34 heavy (non-hydrogen) atoms. The van der Waals surface area contributed by atoms with E-state index >= 15 is 0 Å². The minimum absolute atomic E-state index is 0.678. The van der Waals surface area contributed by atoms with Gasteiger partial charge in [-0.25, -0.2) is 0 Å². The number of hydrogen-bond donors (Lipinski definition) is 0. The fourth-order valence-corrected chi connectivity index (χ4v) is 4.54. The summed E-state index contributed by atoms with van der Waals surface area (Å²) in [5.41, 5.74) is 4.20. The molecule has 0 unspecified atom stereocenters. The van der Waals surface area contributed by atoms with E-state index in [4.69, 9.17) is 9.78 Å². The molecule has 6 aromatic carbocycles. The molecular formula is C32H22O2. The van der Waals surface area contributed by atoms with Gasteiger partial charge in [-0.15, -0.1) is 0 Å². The van der Waals surface area contributed by atoms with E-state index in [1.165, 1.54) is 0 Å². The van der Waals surface area contributed by atoms with Gasteiger partial charge in [0.2, 0.25) is 0 Å². The summed E-state index contributed by atoms with van der Waals surface area (Å²) in [5, 5.41) is 4.56. The fraction of sp³-hybridized carbons (Fsp3) is 0. The molecule has 162 valence electrons. The van der Waals surface area contributed by atoms with Crippen LogP contribution in [-0.2, 0) is 0 Å². The molecule has 0 N–H and O–H groups in total. The first kappa shape index (κ1) is 20.1. The summed E-state index contributed by atoms with van der Waals surface area (Å²) >= 11 is 0. The van der Waals surface area contributed by atoms with Crippen LogP contribution in [0.3, 0.4) is 0 Å². The monoisotopic (exact) mass is 438 g/mol. The lowest BCUT2D eigenvalue weighted by Crippen LogP contribution is -2.04. The van der Waals surface area contributed by atoms with Gasteiger partial charge >= 0.3 is 0 Å². The predicted molar refractivity (Wildman–Crippen MR) is 140 cm³/mol. The van der Waals surface area contributed by atoms with Crippen LogP contribution in [0.25, 0.3) is 43.8 Å². The van der Waals surface area contributed by atoms with Crippen LogP contribution < -0.4 is 9.78 Å². The van der Waals surface area contributed by atoms with Crippen LogP contribution in [0.1, 0.15) is 0 Å². The van der Waals surface area contributed by atoms with Crippen LogP contribution in [0, 0.1) is 0 Å². The number of benzene rings is 6. The lowest BCUT2D eigenvalue weighted by atomic mass is 9.97. The molecule has 0 aromatic heterocycles. The van der Waals surface area contributed by atoms with Gasteiger partial charge < -0.3 is 0 Å². The van der Waals surface area contributed by atoms with Crippen LogP contribution in [0.4, 0.5) is 0 Å². The first-order chi connectivity index (χ1) is 16.9. The van der Waals surface area contributed by atoms with Crippen LogP contribution in [-0.4, -0.2) is 0 Å². The Morgan fingerprint density at radius 1 is 0.324 bits per heavy atom. The van der Waals surface area contributed by atoms with E-state index in [0.717, 1.165) is 43.8 Å². The second-order valence-corrected chi connectivity index (χ2v) is 8.22. The predicted octanol–water partition coefficient (Wildman–Crippen LogP) is 8.70. The summed E-state index contributed by atoms with van der Waals surface area (Å²) in [5.74, 6) is 1.36. The average Bonchev–Trinajstić information content (AvgIpc) is 2.92. The highest BCUT2D eigenvalue weighted by Crippen LogP contribution is 2.40. The van der Waals surface area contributed by atoms with Gasteiger partial charge in [-0.2, -0.15) is 0 Å². The Hall–Kier alpha value is -4.56. The maximum Gasteiger partial charge on any atom is 0.187 e. The highest BCUT2D eigenvalue weighted by molar-refractivity contribution is 6.01. The minimum atomic E-state index is 0.678. The summed E-state index contributed by atoms with van der Waals surface area (Å²) in [6.45, 7) is 0. The molecule has 0 bridgehead atoms. The number of fused-ring (bicyclic) bond motifs is 2. The van der Waals surface area contributed by atoms with Crippen molar-refractivity contribution >= 4 is 21.5 Å². The maximum atomic E-state index is 6.10. The van der Waals surface area contributed by atoms with Crippen molar-refractivity contribution in [2.75, 3.05) is 0 Å². The molecular weight excluding hydrogens is 416 g/mol. The molecule has 0 atom stereocenters. The molecule has 0 radical (unpaired) electrons.